The highest BCUT2D eigenvalue weighted by Gasteiger charge is 2.14. The Kier molecular flexibility index (Phi) is 9.51. The molecule has 2 N–H and O–H groups in total. The second-order valence-corrected chi connectivity index (χ2v) is 7.92. The summed E-state index contributed by atoms with van der Waals surface area (Å²) in [5.41, 5.74) is 0.914. The molecule has 0 aliphatic rings. The fourth-order valence-corrected chi connectivity index (χ4v) is 3.34. The molecule has 9 heteroatoms. The van der Waals surface area contributed by atoms with E-state index >= 15 is 0 Å². The van der Waals surface area contributed by atoms with Crippen LogP contribution in [0.4, 0.5) is 5.69 Å². The Morgan fingerprint density at radius 2 is 1.70 bits per heavy atom. The second-order valence-electron chi connectivity index (χ2n) is 5.71. The van der Waals surface area contributed by atoms with Crippen molar-refractivity contribution in [3.63, 3.8) is 0 Å². The molecule has 0 spiro atoms. The first-order chi connectivity index (χ1) is 12.3. The molecule has 2 aromatic rings. The molecule has 0 unspecified atom stereocenters. The number of halogens is 2. The SMILES string of the molecule is COc1ccc(S(=O)(=O)NCC[N+](C)=C(C)Nc2ccc(Cl)cc2)cc1.[I-]. The van der Waals surface area contributed by atoms with E-state index in [1.165, 1.54) is 19.2 Å². The lowest BCUT2D eigenvalue weighted by atomic mass is 10.3. The summed E-state index contributed by atoms with van der Waals surface area (Å²) < 4.78 is 34.2. The van der Waals surface area contributed by atoms with Gasteiger partial charge in [-0.1, -0.05) is 11.6 Å². The molecule has 2 rings (SSSR count). The van der Waals surface area contributed by atoms with Gasteiger partial charge in [-0.05, 0) is 48.5 Å². The highest BCUT2D eigenvalue weighted by molar-refractivity contribution is 7.89. The van der Waals surface area contributed by atoms with Gasteiger partial charge >= 0.3 is 0 Å². The summed E-state index contributed by atoms with van der Waals surface area (Å²) in [5, 5.41) is 3.93. The lowest BCUT2D eigenvalue weighted by molar-refractivity contribution is -0.495. The Hall–Kier alpha value is -1.36. The molecule has 0 fully saturated rings. The third-order valence-electron chi connectivity index (χ3n) is 3.85. The van der Waals surface area contributed by atoms with Gasteiger partial charge in [0, 0.05) is 18.5 Å². The summed E-state index contributed by atoms with van der Waals surface area (Å²) in [7, 11) is -0.122. The molecule has 148 valence electrons. The Bertz CT molecular complexity index is 870. The molecule has 0 bridgehead atoms. The molecule has 0 saturated carbocycles. The van der Waals surface area contributed by atoms with Crippen LogP contribution in [-0.2, 0) is 10.0 Å². The van der Waals surface area contributed by atoms with Crippen LogP contribution in [-0.4, -0.2) is 46.1 Å². The lowest BCUT2D eigenvalue weighted by Gasteiger charge is -2.09. The van der Waals surface area contributed by atoms with Crippen molar-refractivity contribution in [2.75, 3.05) is 32.6 Å². The van der Waals surface area contributed by atoms with Crippen molar-refractivity contribution in [3.8, 4) is 5.75 Å². The number of likely N-dealkylation sites (N-methyl/N-ethyl adjacent to an activating group) is 1. The first kappa shape index (κ1) is 23.7. The molecule has 0 heterocycles. The Morgan fingerprint density at radius 3 is 2.26 bits per heavy atom. The number of methoxy groups -OCH3 is 1. The molecule has 2 aromatic carbocycles. The molecule has 27 heavy (non-hydrogen) atoms. The number of rotatable bonds is 7. The third-order valence-corrected chi connectivity index (χ3v) is 5.58. The zero-order valence-electron chi connectivity index (χ0n) is 15.4. The number of sulfonamides is 1. The number of anilines is 1. The molecule has 0 atom stereocenters. The summed E-state index contributed by atoms with van der Waals surface area (Å²) in [6.45, 7) is 2.72. The van der Waals surface area contributed by atoms with Gasteiger partial charge in [0.1, 0.15) is 11.4 Å². The van der Waals surface area contributed by atoms with Gasteiger partial charge in [-0.3, -0.25) is 4.58 Å². The van der Waals surface area contributed by atoms with Crippen LogP contribution in [0.25, 0.3) is 0 Å². The molecule has 0 saturated heterocycles. The number of ether oxygens (including phenoxy) is 1. The third kappa shape index (κ3) is 7.28. The number of nitrogens with zero attached hydrogens (tertiary/aromatic N) is 1. The number of hydrogen-bond acceptors (Lipinski definition) is 3. The molecular weight excluding hydrogens is 501 g/mol. The predicted molar refractivity (Wildman–Crippen MR) is 105 cm³/mol. The lowest BCUT2D eigenvalue weighted by Crippen LogP contribution is -3.00. The van der Waals surface area contributed by atoms with E-state index in [1.807, 2.05) is 30.7 Å². The van der Waals surface area contributed by atoms with E-state index in [0.717, 1.165) is 11.5 Å². The first-order valence-electron chi connectivity index (χ1n) is 8.03. The first-order valence-corrected chi connectivity index (χ1v) is 9.89. The van der Waals surface area contributed by atoms with Gasteiger partial charge in [0.05, 0.1) is 25.6 Å². The predicted octanol–water partition coefficient (Wildman–Crippen LogP) is -0.196. The van der Waals surface area contributed by atoms with Crippen molar-refractivity contribution < 1.29 is 41.7 Å². The zero-order chi connectivity index (χ0) is 19.2. The smallest absolute Gasteiger partial charge is 0.246 e. The van der Waals surface area contributed by atoms with Crippen LogP contribution < -0.4 is 38.8 Å². The summed E-state index contributed by atoms with van der Waals surface area (Å²) in [4.78, 5) is 0.209. The average molecular weight is 524 g/mol. The van der Waals surface area contributed by atoms with Crippen molar-refractivity contribution in [3.05, 3.63) is 53.6 Å². The molecule has 0 aliphatic heterocycles. The Balaban J connectivity index is 0.00000364. The highest BCUT2D eigenvalue weighted by atomic mass is 127. The molecule has 6 nitrogen and oxygen atoms in total. The highest BCUT2D eigenvalue weighted by Crippen LogP contribution is 2.15. The van der Waals surface area contributed by atoms with E-state index in [2.05, 4.69) is 10.0 Å². The minimum atomic E-state index is -3.55. The number of nitrogens with one attached hydrogen (secondary N) is 2. The van der Waals surface area contributed by atoms with Crippen molar-refractivity contribution in [1.29, 1.82) is 0 Å². The molecular formula is C18H23ClIN3O3S. The van der Waals surface area contributed by atoms with Gasteiger partial charge in [0.2, 0.25) is 15.9 Å². The fraction of sp³-hybridized carbons (Fsp3) is 0.278. The van der Waals surface area contributed by atoms with Crippen molar-refractivity contribution in [2.45, 2.75) is 11.8 Å². The molecule has 0 radical (unpaired) electrons. The fourth-order valence-electron chi connectivity index (χ4n) is 2.19. The van der Waals surface area contributed by atoms with Crippen LogP contribution in [0.15, 0.2) is 53.4 Å². The Morgan fingerprint density at radius 1 is 1.11 bits per heavy atom. The van der Waals surface area contributed by atoms with Gasteiger partial charge in [-0.15, -0.1) is 0 Å². The minimum absolute atomic E-state index is 0. The number of benzene rings is 2. The van der Waals surface area contributed by atoms with Crippen molar-refractivity contribution in [1.82, 2.24) is 4.72 Å². The van der Waals surface area contributed by atoms with Crippen molar-refractivity contribution in [2.24, 2.45) is 0 Å². The largest absolute Gasteiger partial charge is 1.00 e. The maximum absolute atomic E-state index is 12.3. The van der Waals surface area contributed by atoms with Crippen LogP contribution in [0.3, 0.4) is 0 Å². The van der Waals surface area contributed by atoms with E-state index in [-0.39, 0.29) is 35.4 Å². The van der Waals surface area contributed by atoms with Crippen LogP contribution in [0, 0.1) is 0 Å². The van der Waals surface area contributed by atoms with Gasteiger partial charge in [0.25, 0.3) is 0 Å². The number of hydrogen-bond donors (Lipinski definition) is 2. The zero-order valence-corrected chi connectivity index (χ0v) is 19.1. The van der Waals surface area contributed by atoms with E-state index in [0.29, 0.717) is 17.3 Å². The van der Waals surface area contributed by atoms with Gasteiger partial charge in [0.15, 0.2) is 0 Å². The minimum Gasteiger partial charge on any atom is -1.00 e. The van der Waals surface area contributed by atoms with Crippen LogP contribution >= 0.6 is 11.6 Å². The number of amidine groups is 1. The monoisotopic (exact) mass is 523 g/mol. The molecule has 0 aliphatic carbocycles. The van der Waals surface area contributed by atoms with Crippen LogP contribution in [0.2, 0.25) is 5.02 Å². The summed E-state index contributed by atoms with van der Waals surface area (Å²) in [6.07, 6.45) is 0. The Labute approximate surface area is 182 Å². The van der Waals surface area contributed by atoms with Gasteiger partial charge in [-0.25, -0.2) is 18.5 Å². The second kappa shape index (κ2) is 10.8. The maximum Gasteiger partial charge on any atom is 0.246 e. The quantitative estimate of drug-likeness (QED) is 0.228. The van der Waals surface area contributed by atoms with E-state index in [4.69, 9.17) is 16.3 Å². The summed E-state index contributed by atoms with van der Waals surface area (Å²) in [5.74, 6) is 1.51. The normalized spacial score (nSPS) is 12.0. The molecule has 0 amide bonds. The standard InChI is InChI=1S/C18H22ClN3O3S.HI/c1-14(21-16-6-4-15(19)5-7-16)22(2)13-12-20-26(23,24)18-10-8-17(25-3)9-11-18;/h4-11,20H,12-13H2,1-3H3;1H. The summed E-state index contributed by atoms with van der Waals surface area (Å²) in [6, 6.07) is 13.6. The van der Waals surface area contributed by atoms with E-state index < -0.39 is 10.0 Å². The van der Waals surface area contributed by atoms with E-state index in [9.17, 15) is 8.42 Å². The maximum atomic E-state index is 12.3. The van der Waals surface area contributed by atoms with Crippen LogP contribution in [0.1, 0.15) is 6.92 Å². The van der Waals surface area contributed by atoms with Gasteiger partial charge < -0.3 is 28.7 Å². The topological polar surface area (TPSA) is 70.4 Å². The van der Waals surface area contributed by atoms with E-state index in [1.54, 1.807) is 24.3 Å². The summed E-state index contributed by atoms with van der Waals surface area (Å²) >= 11 is 5.87. The average Bonchev–Trinajstić information content (AvgIpc) is 2.63. The van der Waals surface area contributed by atoms with Crippen molar-refractivity contribution >= 4 is 33.1 Å². The molecule has 0 aromatic heterocycles. The van der Waals surface area contributed by atoms with Gasteiger partial charge in [-0.2, -0.15) is 0 Å². The van der Waals surface area contributed by atoms with Crippen LogP contribution in [0.5, 0.6) is 5.75 Å².